The summed E-state index contributed by atoms with van der Waals surface area (Å²) in [7, 11) is 1.87. The van der Waals surface area contributed by atoms with Gasteiger partial charge < -0.3 is 20.1 Å². The molecule has 2 fully saturated rings. The fraction of sp³-hybridized carbons (Fsp3) is 0.560. The second kappa shape index (κ2) is 17.4. The molecule has 0 saturated carbocycles. The average Bonchev–Trinajstić information content (AvgIpc) is 3.55. The number of likely N-dealkylation sites (tertiary alicyclic amines) is 2. The van der Waals surface area contributed by atoms with E-state index in [0.717, 1.165) is 39.1 Å². The molecular weight excluding hydrogens is 671 g/mol. The zero-order chi connectivity index (χ0) is 35.5. The van der Waals surface area contributed by atoms with E-state index in [1.165, 1.54) is 16.1 Å². The first-order valence-corrected chi connectivity index (χ1v) is 13.6. The lowest BCUT2D eigenvalue weighted by Crippen LogP contribution is -2.50. The molecule has 0 bridgehead atoms. The van der Waals surface area contributed by atoms with Gasteiger partial charge in [0.15, 0.2) is 0 Å². The number of carbonyl (C=O) groups is 3. The van der Waals surface area contributed by atoms with Crippen molar-refractivity contribution in [2.45, 2.75) is 57.1 Å². The number of nitrogens with zero attached hydrogens (tertiary/aromatic N) is 4. The van der Waals surface area contributed by atoms with Gasteiger partial charge in [-0.1, -0.05) is 6.07 Å². The maximum Gasteiger partial charge on any atom is 0.490 e. The number of aromatic nitrogens is 2. The lowest BCUT2D eigenvalue weighted by molar-refractivity contribution is -0.193. The molecule has 4 rings (SSSR count). The lowest BCUT2D eigenvalue weighted by atomic mass is 9.89. The Hall–Kier alpha value is -3.56. The van der Waals surface area contributed by atoms with E-state index in [9.17, 15) is 39.5 Å². The van der Waals surface area contributed by atoms with Crippen molar-refractivity contribution in [3.05, 3.63) is 46.2 Å². The number of halogens is 9. The zero-order valence-corrected chi connectivity index (χ0v) is 24.8. The standard InChI is InChI=1S/C19H26N4OS.3C2HF3O2/c1-14-19(25-13-21-14)12-23-7-5-18(24-2)16-10-22(11-17(16)23)9-15-4-3-6-20-8-15;3*3-2(4,5)1(6)7/h3-4,6,8,13,16-18H,5,7,9-12H2,1-2H3;3*(H,6,7)/t16-,17+,18-;;;/m0.../s1. The Labute approximate surface area is 259 Å². The van der Waals surface area contributed by atoms with Gasteiger partial charge in [0.1, 0.15) is 0 Å². The Bertz CT molecular complexity index is 1200. The minimum absolute atomic E-state index is 0.378. The third-order valence-electron chi connectivity index (χ3n) is 6.41. The van der Waals surface area contributed by atoms with E-state index in [0.29, 0.717) is 18.1 Å². The lowest BCUT2D eigenvalue weighted by Gasteiger charge is -2.41. The molecule has 11 nitrogen and oxygen atoms in total. The maximum absolute atomic E-state index is 10.6. The SMILES string of the molecule is CO[C@H]1CCN(Cc2scnc2C)[C@@H]2CN(Cc3cccnc3)C[C@H]12.O=C(O)C(F)(F)F.O=C(O)C(F)(F)F.O=C(O)C(F)(F)F. The number of aryl methyl sites for hydroxylation is 1. The number of carboxylic acid groups (broad SMARTS) is 3. The first kappa shape index (κ1) is 40.5. The van der Waals surface area contributed by atoms with Crippen LogP contribution in [0.4, 0.5) is 39.5 Å². The monoisotopic (exact) mass is 700 g/mol. The van der Waals surface area contributed by atoms with Gasteiger partial charge in [-0.15, -0.1) is 11.3 Å². The van der Waals surface area contributed by atoms with Gasteiger partial charge in [0.25, 0.3) is 0 Å². The quantitative estimate of drug-likeness (QED) is 0.379. The number of fused-ring (bicyclic) bond motifs is 1. The van der Waals surface area contributed by atoms with E-state index >= 15 is 0 Å². The van der Waals surface area contributed by atoms with E-state index in [2.05, 4.69) is 32.8 Å². The number of ether oxygens (including phenoxy) is 1. The summed E-state index contributed by atoms with van der Waals surface area (Å²) >= 11 is 1.78. The number of hydrogen-bond acceptors (Lipinski definition) is 9. The smallest absolute Gasteiger partial charge is 0.475 e. The largest absolute Gasteiger partial charge is 0.490 e. The molecule has 3 atom stereocenters. The minimum atomic E-state index is -5.08. The Morgan fingerprint density at radius 1 is 0.935 bits per heavy atom. The van der Waals surface area contributed by atoms with Gasteiger partial charge in [-0.25, -0.2) is 19.4 Å². The predicted octanol–water partition coefficient (Wildman–Crippen LogP) is 4.47. The molecule has 4 heterocycles. The van der Waals surface area contributed by atoms with E-state index in [1.807, 2.05) is 31.1 Å². The summed E-state index contributed by atoms with van der Waals surface area (Å²) < 4.78 is 101. The second-order valence-corrected chi connectivity index (χ2v) is 10.5. The van der Waals surface area contributed by atoms with Crippen LogP contribution in [0.1, 0.15) is 22.6 Å². The van der Waals surface area contributed by atoms with Crippen molar-refractivity contribution in [3.8, 4) is 0 Å². The van der Waals surface area contributed by atoms with Crippen molar-refractivity contribution in [1.29, 1.82) is 0 Å². The van der Waals surface area contributed by atoms with Gasteiger partial charge in [-0.3, -0.25) is 14.8 Å². The first-order chi connectivity index (χ1) is 21.1. The van der Waals surface area contributed by atoms with Crippen LogP contribution in [0, 0.1) is 12.8 Å². The fourth-order valence-corrected chi connectivity index (χ4v) is 5.15. The van der Waals surface area contributed by atoms with Crippen molar-refractivity contribution in [3.63, 3.8) is 0 Å². The number of pyridine rings is 1. The molecule has 2 aliphatic rings. The van der Waals surface area contributed by atoms with Crippen LogP contribution in [0.15, 0.2) is 30.0 Å². The summed E-state index contributed by atoms with van der Waals surface area (Å²) in [5, 5.41) is 21.4. The molecule has 2 saturated heterocycles. The number of rotatable bonds is 5. The van der Waals surface area contributed by atoms with E-state index < -0.39 is 36.4 Å². The molecule has 0 amide bonds. The summed E-state index contributed by atoms with van der Waals surface area (Å²) in [5.41, 5.74) is 4.44. The zero-order valence-electron chi connectivity index (χ0n) is 23.9. The molecular formula is C25H29F9N4O7S. The fourth-order valence-electron chi connectivity index (χ4n) is 4.35. The summed E-state index contributed by atoms with van der Waals surface area (Å²) in [6.07, 6.45) is -9.93. The summed E-state index contributed by atoms with van der Waals surface area (Å²) in [5.74, 6) is -7.68. The normalized spacial score (nSPS) is 20.1. The summed E-state index contributed by atoms with van der Waals surface area (Å²) in [6, 6.07) is 4.76. The highest BCUT2D eigenvalue weighted by atomic mass is 32.1. The van der Waals surface area contributed by atoms with Crippen molar-refractivity contribution >= 4 is 29.2 Å². The molecule has 0 aliphatic carbocycles. The van der Waals surface area contributed by atoms with Gasteiger partial charge >= 0.3 is 36.4 Å². The highest BCUT2D eigenvalue weighted by Crippen LogP contribution is 2.34. The third kappa shape index (κ3) is 13.8. The van der Waals surface area contributed by atoms with Crippen LogP contribution in [0.25, 0.3) is 0 Å². The van der Waals surface area contributed by atoms with Crippen LogP contribution < -0.4 is 0 Å². The highest BCUT2D eigenvalue weighted by Gasteiger charge is 2.44. The molecule has 0 radical (unpaired) electrons. The summed E-state index contributed by atoms with van der Waals surface area (Å²) in [6.45, 7) is 7.44. The second-order valence-electron chi connectivity index (χ2n) is 9.59. The Morgan fingerprint density at radius 2 is 1.46 bits per heavy atom. The van der Waals surface area contributed by atoms with Crippen molar-refractivity contribution in [1.82, 2.24) is 19.8 Å². The first-order valence-electron chi connectivity index (χ1n) is 12.7. The van der Waals surface area contributed by atoms with E-state index in [1.54, 1.807) is 11.3 Å². The number of methoxy groups -OCH3 is 1. The highest BCUT2D eigenvalue weighted by molar-refractivity contribution is 7.09. The van der Waals surface area contributed by atoms with Crippen molar-refractivity contribution in [2.24, 2.45) is 5.92 Å². The number of alkyl halides is 9. The van der Waals surface area contributed by atoms with Crippen LogP contribution in [-0.2, 0) is 32.2 Å². The molecule has 2 aromatic rings. The number of carboxylic acids is 3. The molecule has 21 heteroatoms. The van der Waals surface area contributed by atoms with Crippen molar-refractivity contribution < 1.29 is 74.0 Å². The van der Waals surface area contributed by atoms with E-state index in [4.69, 9.17) is 34.4 Å². The number of thiazole rings is 1. The van der Waals surface area contributed by atoms with Crippen LogP contribution in [0.2, 0.25) is 0 Å². The van der Waals surface area contributed by atoms with E-state index in [-0.39, 0.29) is 0 Å². The topological polar surface area (TPSA) is 153 Å². The van der Waals surface area contributed by atoms with Gasteiger partial charge in [0.2, 0.25) is 0 Å². The predicted molar refractivity (Wildman–Crippen MR) is 141 cm³/mol. The Balaban J connectivity index is 0.000000413. The third-order valence-corrected chi connectivity index (χ3v) is 7.33. The Kier molecular flexibility index (Phi) is 15.3. The molecule has 0 spiro atoms. The molecule has 2 aliphatic heterocycles. The van der Waals surface area contributed by atoms with Crippen LogP contribution in [0.5, 0.6) is 0 Å². The number of piperidine rings is 1. The number of aliphatic carboxylic acids is 3. The molecule has 0 aromatic carbocycles. The average molecular weight is 701 g/mol. The van der Waals surface area contributed by atoms with Crippen LogP contribution in [-0.4, -0.2) is 110 Å². The van der Waals surface area contributed by atoms with Gasteiger partial charge in [0.05, 0.1) is 17.3 Å². The molecule has 0 unspecified atom stereocenters. The molecule has 3 N–H and O–H groups in total. The Morgan fingerprint density at radius 3 is 1.85 bits per heavy atom. The van der Waals surface area contributed by atoms with Gasteiger partial charge in [-0.05, 0) is 25.0 Å². The van der Waals surface area contributed by atoms with Gasteiger partial charge in [0, 0.05) is 69.1 Å². The van der Waals surface area contributed by atoms with Crippen LogP contribution in [0.3, 0.4) is 0 Å². The number of hydrogen-bond donors (Lipinski definition) is 3. The minimum Gasteiger partial charge on any atom is -0.475 e. The van der Waals surface area contributed by atoms with Crippen molar-refractivity contribution in [2.75, 3.05) is 26.7 Å². The molecule has 2 aromatic heterocycles. The van der Waals surface area contributed by atoms with Crippen LogP contribution >= 0.6 is 11.3 Å². The van der Waals surface area contributed by atoms with Gasteiger partial charge in [-0.2, -0.15) is 39.5 Å². The summed E-state index contributed by atoms with van der Waals surface area (Å²) in [4.78, 5) is 42.0. The molecule has 260 valence electrons. The maximum atomic E-state index is 10.6. The molecule has 46 heavy (non-hydrogen) atoms.